The second-order valence-electron chi connectivity index (χ2n) is 7.19. The van der Waals surface area contributed by atoms with Gasteiger partial charge in [0.15, 0.2) is 0 Å². The molecule has 3 N–H and O–H groups in total. The third-order valence-corrected chi connectivity index (χ3v) is 7.16. The molecule has 2 saturated heterocycles. The van der Waals surface area contributed by atoms with E-state index in [-0.39, 0.29) is 34.9 Å². The van der Waals surface area contributed by atoms with Crippen LogP contribution in [0.25, 0.3) is 0 Å². The monoisotopic (exact) mass is 383 g/mol. The van der Waals surface area contributed by atoms with Crippen LogP contribution in [0.4, 0.5) is 0 Å². The van der Waals surface area contributed by atoms with E-state index in [1.165, 1.54) is 16.7 Å². The van der Waals surface area contributed by atoms with Crippen LogP contribution in [-0.2, 0) is 14.3 Å². The number of methoxy groups -OCH3 is 1. The molecule has 144 valence electrons. The number of nitrogens with one attached hydrogen (secondary N) is 1. The van der Waals surface area contributed by atoms with Gasteiger partial charge in [0.25, 0.3) is 0 Å². The molecule has 0 aromatic rings. The Balaban J connectivity index is 1.88. The lowest BCUT2D eigenvalue weighted by atomic mass is 9.79. The van der Waals surface area contributed by atoms with Crippen LogP contribution in [0.2, 0.25) is 0 Å². The van der Waals surface area contributed by atoms with Crippen molar-refractivity contribution >= 4 is 29.5 Å². The van der Waals surface area contributed by atoms with Gasteiger partial charge in [0, 0.05) is 31.0 Å². The molecule has 0 bridgehead atoms. The fourth-order valence-electron chi connectivity index (χ4n) is 4.20. The lowest BCUT2D eigenvalue weighted by Crippen LogP contribution is -2.63. The molecule has 6 atom stereocenters. The number of carboxylic acid groups (broad SMARTS) is 1. The summed E-state index contributed by atoms with van der Waals surface area (Å²) in [5.74, 6) is -1.70. The zero-order valence-corrected chi connectivity index (χ0v) is 16.1. The third-order valence-electron chi connectivity index (χ3n) is 5.58. The topological polar surface area (TPSA) is 114 Å². The Kier molecular flexibility index (Phi) is 5.06. The number of ether oxygens (including phenoxy) is 1. The first-order valence-corrected chi connectivity index (χ1v) is 9.55. The molecule has 3 heterocycles. The van der Waals surface area contributed by atoms with Crippen molar-refractivity contribution in [1.82, 2.24) is 9.80 Å². The molecule has 26 heavy (non-hydrogen) atoms. The third kappa shape index (κ3) is 2.82. The average molecular weight is 383 g/mol. The van der Waals surface area contributed by atoms with Gasteiger partial charge < -0.3 is 24.7 Å². The van der Waals surface area contributed by atoms with Gasteiger partial charge in [-0.2, -0.15) is 0 Å². The Morgan fingerprint density at radius 1 is 1.42 bits per heavy atom. The Labute approximate surface area is 156 Å². The molecule has 2 fully saturated rings. The fourth-order valence-corrected chi connectivity index (χ4v) is 5.78. The second-order valence-corrected chi connectivity index (χ2v) is 8.47. The maximum Gasteiger partial charge on any atom is 0.353 e. The van der Waals surface area contributed by atoms with Gasteiger partial charge in [0.05, 0.1) is 35.3 Å². The number of carbonyl (C=O) groups excluding carboxylic acids is 1. The van der Waals surface area contributed by atoms with E-state index in [1.54, 1.807) is 21.0 Å². The molecule has 0 spiro atoms. The summed E-state index contributed by atoms with van der Waals surface area (Å²) in [6.45, 7) is 6.39. The summed E-state index contributed by atoms with van der Waals surface area (Å²) in [5, 5.41) is 27.4. The maximum absolute atomic E-state index is 12.4. The van der Waals surface area contributed by atoms with Crippen LogP contribution in [0.1, 0.15) is 20.8 Å². The van der Waals surface area contributed by atoms with Gasteiger partial charge in [-0.3, -0.25) is 10.2 Å². The van der Waals surface area contributed by atoms with Crippen LogP contribution in [-0.4, -0.2) is 81.4 Å². The van der Waals surface area contributed by atoms with Crippen molar-refractivity contribution in [3.05, 3.63) is 10.6 Å². The molecule has 3 rings (SSSR count). The number of amides is 1. The number of hydrogen-bond acceptors (Lipinski definition) is 6. The van der Waals surface area contributed by atoms with Crippen LogP contribution < -0.4 is 0 Å². The SMILES string of the molecule is COC1CN(C(C)=N)CC1SC1=C(C(=O)O)N2C(=O)C(C(C)O)[C@H]2C1C. The Morgan fingerprint density at radius 2 is 2.08 bits per heavy atom. The lowest BCUT2D eigenvalue weighted by Gasteiger charge is -2.46. The van der Waals surface area contributed by atoms with E-state index in [2.05, 4.69) is 0 Å². The van der Waals surface area contributed by atoms with Crippen LogP contribution in [0.3, 0.4) is 0 Å². The number of β-lactam (4-membered cyclic amide) rings is 1. The minimum Gasteiger partial charge on any atom is -0.477 e. The highest BCUT2D eigenvalue weighted by atomic mass is 32.2. The van der Waals surface area contributed by atoms with Gasteiger partial charge in [-0.25, -0.2) is 4.79 Å². The molecule has 0 aliphatic carbocycles. The molecular weight excluding hydrogens is 358 g/mol. The van der Waals surface area contributed by atoms with Gasteiger partial charge in [0.1, 0.15) is 5.70 Å². The summed E-state index contributed by atoms with van der Waals surface area (Å²) in [5.41, 5.74) is 0.0364. The molecule has 0 aromatic carbocycles. The fraction of sp³-hybridized carbons (Fsp3) is 0.706. The normalized spacial score (nSPS) is 34.8. The number of fused-ring (bicyclic) bond motifs is 1. The molecule has 8 nitrogen and oxygen atoms in total. The molecule has 3 aliphatic heterocycles. The van der Waals surface area contributed by atoms with E-state index in [9.17, 15) is 19.8 Å². The van der Waals surface area contributed by atoms with Crippen LogP contribution in [0.5, 0.6) is 0 Å². The highest BCUT2D eigenvalue weighted by Gasteiger charge is 2.60. The quantitative estimate of drug-likeness (QED) is 0.361. The predicted molar refractivity (Wildman–Crippen MR) is 96.8 cm³/mol. The highest BCUT2D eigenvalue weighted by molar-refractivity contribution is 8.03. The van der Waals surface area contributed by atoms with Crippen molar-refractivity contribution in [3.8, 4) is 0 Å². The van der Waals surface area contributed by atoms with E-state index in [1.807, 2.05) is 11.8 Å². The van der Waals surface area contributed by atoms with Gasteiger partial charge in [-0.15, -0.1) is 11.8 Å². The summed E-state index contributed by atoms with van der Waals surface area (Å²) in [4.78, 5) is 28.2. The Hall–Kier alpha value is -1.58. The van der Waals surface area contributed by atoms with Gasteiger partial charge in [-0.1, -0.05) is 6.92 Å². The smallest absolute Gasteiger partial charge is 0.353 e. The van der Waals surface area contributed by atoms with Crippen molar-refractivity contribution in [1.29, 1.82) is 5.41 Å². The zero-order chi connectivity index (χ0) is 19.3. The minimum absolute atomic E-state index is 0.0223. The van der Waals surface area contributed by atoms with E-state index >= 15 is 0 Å². The van der Waals surface area contributed by atoms with Crippen LogP contribution in [0, 0.1) is 17.2 Å². The first-order chi connectivity index (χ1) is 12.2. The molecular formula is C17H25N3O5S. The van der Waals surface area contributed by atoms with Crippen molar-refractivity contribution in [2.45, 2.75) is 44.3 Å². The van der Waals surface area contributed by atoms with E-state index in [0.29, 0.717) is 23.8 Å². The molecule has 0 saturated carbocycles. The zero-order valence-electron chi connectivity index (χ0n) is 15.3. The number of likely N-dealkylation sites (tertiary alicyclic amines) is 1. The lowest BCUT2D eigenvalue weighted by molar-refractivity contribution is -0.163. The van der Waals surface area contributed by atoms with Crippen molar-refractivity contribution in [3.63, 3.8) is 0 Å². The minimum atomic E-state index is -1.12. The molecule has 5 unspecified atom stereocenters. The number of aliphatic carboxylic acids is 1. The number of amidine groups is 1. The summed E-state index contributed by atoms with van der Waals surface area (Å²) in [6.07, 6.45) is -0.925. The summed E-state index contributed by atoms with van der Waals surface area (Å²) < 4.78 is 5.55. The number of thioether (sulfide) groups is 1. The molecule has 3 aliphatic rings. The van der Waals surface area contributed by atoms with Crippen LogP contribution in [0.15, 0.2) is 10.6 Å². The van der Waals surface area contributed by atoms with E-state index < -0.39 is 18.0 Å². The first kappa shape index (κ1) is 19.2. The van der Waals surface area contributed by atoms with Gasteiger partial charge in [-0.05, 0) is 13.8 Å². The van der Waals surface area contributed by atoms with Gasteiger partial charge >= 0.3 is 5.97 Å². The standard InChI is InChI=1S/C17H25N3O5S/c1-7-13-12(8(2)21)16(22)20(13)14(17(23)24)15(7)26-11-6-19(9(3)18)5-10(11)25-4/h7-8,10-13,18,21H,5-6H2,1-4H3,(H,23,24)/t7?,8?,10?,11?,12?,13-/m1/s1. The maximum atomic E-state index is 12.4. The highest BCUT2D eigenvalue weighted by Crippen LogP contribution is 2.52. The number of nitrogens with zero attached hydrogens (tertiary/aromatic N) is 2. The number of carboxylic acids is 1. The number of hydrogen-bond donors (Lipinski definition) is 3. The summed E-state index contributed by atoms with van der Waals surface area (Å²) in [7, 11) is 1.62. The number of aliphatic hydroxyl groups is 1. The van der Waals surface area contributed by atoms with Crippen LogP contribution >= 0.6 is 11.8 Å². The summed E-state index contributed by atoms with van der Waals surface area (Å²) in [6, 6.07) is -0.306. The van der Waals surface area contributed by atoms with Crippen molar-refractivity contribution in [2.24, 2.45) is 11.8 Å². The van der Waals surface area contributed by atoms with Crippen molar-refractivity contribution in [2.75, 3.05) is 20.2 Å². The Bertz CT molecular complexity index is 679. The van der Waals surface area contributed by atoms with E-state index in [4.69, 9.17) is 10.1 Å². The van der Waals surface area contributed by atoms with Gasteiger partial charge in [0.2, 0.25) is 5.91 Å². The second kappa shape index (κ2) is 6.86. The van der Waals surface area contributed by atoms with E-state index in [0.717, 1.165) is 0 Å². The Morgan fingerprint density at radius 3 is 2.58 bits per heavy atom. The molecule has 0 aromatic heterocycles. The van der Waals surface area contributed by atoms with Crippen molar-refractivity contribution < 1.29 is 24.5 Å². The average Bonchev–Trinajstić information content (AvgIpc) is 3.06. The largest absolute Gasteiger partial charge is 0.477 e. The number of carbonyl (C=O) groups is 2. The molecule has 0 radical (unpaired) electrons. The molecule has 9 heteroatoms. The number of aliphatic hydroxyl groups excluding tert-OH is 1. The number of rotatable bonds is 5. The summed E-state index contributed by atoms with van der Waals surface area (Å²) >= 11 is 1.44. The molecule has 1 amide bonds. The predicted octanol–water partition coefficient (Wildman–Crippen LogP) is 0.570. The first-order valence-electron chi connectivity index (χ1n) is 8.67.